The lowest BCUT2D eigenvalue weighted by Gasteiger charge is -2.07. The van der Waals surface area contributed by atoms with Crippen LogP contribution in [0.3, 0.4) is 0 Å². The Labute approximate surface area is 66.5 Å². The van der Waals surface area contributed by atoms with Crippen molar-refractivity contribution in [2.45, 2.75) is 26.2 Å². The molecule has 54 valence electrons. The molecular weight excluding hydrogens is 176 g/mol. The van der Waals surface area contributed by atoms with Gasteiger partial charge in [0.25, 0.3) is 0 Å². The van der Waals surface area contributed by atoms with Crippen LogP contribution in [-0.4, -0.2) is 5.33 Å². The van der Waals surface area contributed by atoms with E-state index in [-0.39, 0.29) is 0 Å². The van der Waals surface area contributed by atoms with Gasteiger partial charge < -0.3 is 0 Å². The summed E-state index contributed by atoms with van der Waals surface area (Å²) in [5, 5.41) is 1.14. The predicted octanol–water partition coefficient (Wildman–Crippen LogP) is 3.37. The van der Waals surface area contributed by atoms with Crippen molar-refractivity contribution in [1.82, 2.24) is 0 Å². The lowest BCUT2D eigenvalue weighted by molar-refractivity contribution is 0.534. The molecule has 0 rings (SSSR count). The third-order valence-electron chi connectivity index (χ3n) is 1.57. The highest BCUT2D eigenvalue weighted by Gasteiger charge is 2.00. The summed E-state index contributed by atoms with van der Waals surface area (Å²) in [6.07, 6.45) is 5.71. The topological polar surface area (TPSA) is 0 Å². The van der Waals surface area contributed by atoms with Crippen molar-refractivity contribution in [1.29, 1.82) is 0 Å². The third kappa shape index (κ3) is 4.71. The first-order chi connectivity index (χ1) is 4.35. The van der Waals surface area contributed by atoms with Crippen molar-refractivity contribution in [2.24, 2.45) is 5.92 Å². The van der Waals surface area contributed by atoms with Crippen LogP contribution in [0.4, 0.5) is 0 Å². The van der Waals surface area contributed by atoms with Crippen molar-refractivity contribution in [2.75, 3.05) is 5.33 Å². The van der Waals surface area contributed by atoms with Crippen LogP contribution in [0.2, 0.25) is 0 Å². The Bertz CT molecular complexity index is 65.0. The summed E-state index contributed by atoms with van der Waals surface area (Å²) in [6.45, 7) is 5.92. The number of hydrogen-bond acceptors (Lipinski definition) is 0. The van der Waals surface area contributed by atoms with Gasteiger partial charge in [0.15, 0.2) is 0 Å². The predicted molar refractivity (Wildman–Crippen MR) is 47.0 cm³/mol. The van der Waals surface area contributed by atoms with Crippen LogP contribution in [0.25, 0.3) is 0 Å². The van der Waals surface area contributed by atoms with Gasteiger partial charge in [-0.1, -0.05) is 35.4 Å². The van der Waals surface area contributed by atoms with Crippen molar-refractivity contribution in [3.63, 3.8) is 0 Å². The van der Waals surface area contributed by atoms with Gasteiger partial charge in [-0.3, -0.25) is 0 Å². The first-order valence-electron chi connectivity index (χ1n) is 3.52. The van der Waals surface area contributed by atoms with E-state index in [1.807, 2.05) is 6.08 Å². The van der Waals surface area contributed by atoms with Gasteiger partial charge in [-0.15, -0.1) is 6.58 Å². The summed E-state index contributed by atoms with van der Waals surface area (Å²) in [4.78, 5) is 0. The molecule has 0 aliphatic carbocycles. The van der Waals surface area contributed by atoms with Crippen LogP contribution in [0, 0.1) is 5.92 Å². The monoisotopic (exact) mass is 190 g/mol. The highest BCUT2D eigenvalue weighted by atomic mass is 79.9. The fourth-order valence-electron chi connectivity index (χ4n) is 0.744. The van der Waals surface area contributed by atoms with Crippen molar-refractivity contribution in [3.8, 4) is 0 Å². The van der Waals surface area contributed by atoms with Crippen molar-refractivity contribution in [3.05, 3.63) is 12.7 Å². The molecule has 0 nitrogen and oxygen atoms in total. The van der Waals surface area contributed by atoms with Gasteiger partial charge in [-0.05, 0) is 18.8 Å². The molecule has 0 heterocycles. The van der Waals surface area contributed by atoms with Crippen LogP contribution in [0.5, 0.6) is 0 Å². The molecule has 1 atom stereocenters. The molecule has 0 radical (unpaired) electrons. The Morgan fingerprint density at radius 2 is 2.33 bits per heavy atom. The molecule has 0 N–H and O–H groups in total. The summed E-state index contributed by atoms with van der Waals surface area (Å²) < 4.78 is 0. The average Bonchev–Trinajstić information content (AvgIpc) is 1.91. The maximum absolute atomic E-state index is 3.69. The lowest BCUT2D eigenvalue weighted by Crippen LogP contribution is -1.98. The first-order valence-corrected chi connectivity index (χ1v) is 4.64. The third-order valence-corrected chi connectivity index (χ3v) is 2.49. The molecule has 0 bridgehead atoms. The van der Waals surface area contributed by atoms with Gasteiger partial charge >= 0.3 is 0 Å². The smallest absolute Gasteiger partial charge is 0.00596 e. The first kappa shape index (κ1) is 9.22. The Morgan fingerprint density at radius 1 is 1.67 bits per heavy atom. The maximum atomic E-state index is 3.69. The average molecular weight is 191 g/mol. The second-order valence-electron chi connectivity index (χ2n) is 2.29. The molecule has 0 aliphatic heterocycles. The summed E-state index contributed by atoms with van der Waals surface area (Å²) in [5.74, 6) is 0.850. The van der Waals surface area contributed by atoms with Gasteiger partial charge in [0.05, 0.1) is 0 Å². The number of halogens is 1. The second kappa shape index (κ2) is 6.34. The SMILES string of the molecule is C=CCCC(CC)CBr. The van der Waals surface area contributed by atoms with Crippen LogP contribution in [0.15, 0.2) is 12.7 Å². The minimum Gasteiger partial charge on any atom is -0.103 e. The molecule has 0 aromatic heterocycles. The van der Waals surface area contributed by atoms with E-state index >= 15 is 0 Å². The minimum absolute atomic E-state index is 0.850. The Hall–Kier alpha value is 0.220. The summed E-state index contributed by atoms with van der Waals surface area (Å²) in [5.41, 5.74) is 0. The zero-order valence-corrected chi connectivity index (χ0v) is 7.65. The summed E-state index contributed by atoms with van der Waals surface area (Å²) >= 11 is 3.47. The minimum atomic E-state index is 0.850. The van der Waals surface area contributed by atoms with E-state index in [0.717, 1.165) is 17.7 Å². The van der Waals surface area contributed by atoms with E-state index in [0.29, 0.717) is 0 Å². The van der Waals surface area contributed by atoms with Gasteiger partial charge in [-0.25, -0.2) is 0 Å². The largest absolute Gasteiger partial charge is 0.103 e. The lowest BCUT2D eigenvalue weighted by atomic mass is 10.0. The molecule has 0 aromatic carbocycles. The molecular formula is C8H15Br. The normalized spacial score (nSPS) is 13.1. The van der Waals surface area contributed by atoms with Crippen LogP contribution >= 0.6 is 15.9 Å². The molecule has 1 heteroatoms. The number of rotatable bonds is 5. The molecule has 0 saturated carbocycles. The molecule has 0 aromatic rings. The Kier molecular flexibility index (Phi) is 6.50. The molecule has 1 unspecified atom stereocenters. The van der Waals surface area contributed by atoms with Crippen molar-refractivity contribution < 1.29 is 0 Å². The fraction of sp³-hybridized carbons (Fsp3) is 0.750. The standard InChI is InChI=1S/C8H15Br/c1-3-5-6-8(4-2)7-9/h3,8H,1,4-7H2,2H3. The van der Waals surface area contributed by atoms with Crippen LogP contribution < -0.4 is 0 Å². The van der Waals surface area contributed by atoms with E-state index in [9.17, 15) is 0 Å². The fourth-order valence-corrected chi connectivity index (χ4v) is 1.53. The molecule has 0 fully saturated rings. The highest BCUT2D eigenvalue weighted by molar-refractivity contribution is 9.09. The molecule has 9 heavy (non-hydrogen) atoms. The quantitative estimate of drug-likeness (QED) is 0.461. The van der Waals surface area contributed by atoms with Crippen LogP contribution in [-0.2, 0) is 0 Å². The van der Waals surface area contributed by atoms with E-state index in [1.165, 1.54) is 12.8 Å². The summed E-state index contributed by atoms with van der Waals surface area (Å²) in [6, 6.07) is 0. The highest BCUT2D eigenvalue weighted by Crippen LogP contribution is 2.13. The zero-order chi connectivity index (χ0) is 7.11. The molecule has 0 aliphatic rings. The number of allylic oxidation sites excluding steroid dienone is 1. The molecule has 0 spiro atoms. The molecule has 0 saturated heterocycles. The number of alkyl halides is 1. The van der Waals surface area contributed by atoms with Gasteiger partial charge in [-0.2, -0.15) is 0 Å². The van der Waals surface area contributed by atoms with Crippen molar-refractivity contribution >= 4 is 15.9 Å². The zero-order valence-electron chi connectivity index (χ0n) is 6.07. The Balaban J connectivity index is 3.19. The Morgan fingerprint density at radius 3 is 2.67 bits per heavy atom. The molecule has 0 amide bonds. The van der Waals surface area contributed by atoms with Crippen LogP contribution in [0.1, 0.15) is 26.2 Å². The van der Waals surface area contributed by atoms with Gasteiger partial charge in [0, 0.05) is 5.33 Å². The van der Waals surface area contributed by atoms with E-state index < -0.39 is 0 Å². The van der Waals surface area contributed by atoms with Gasteiger partial charge in [0.2, 0.25) is 0 Å². The van der Waals surface area contributed by atoms with E-state index in [4.69, 9.17) is 0 Å². The number of hydrogen-bond donors (Lipinski definition) is 0. The maximum Gasteiger partial charge on any atom is 0.00596 e. The summed E-state index contributed by atoms with van der Waals surface area (Å²) in [7, 11) is 0. The van der Waals surface area contributed by atoms with E-state index in [2.05, 4.69) is 29.4 Å². The van der Waals surface area contributed by atoms with Gasteiger partial charge in [0.1, 0.15) is 0 Å². The second-order valence-corrected chi connectivity index (χ2v) is 2.94. The van der Waals surface area contributed by atoms with E-state index in [1.54, 1.807) is 0 Å².